The summed E-state index contributed by atoms with van der Waals surface area (Å²) in [5, 5.41) is 10.1. The molecule has 0 bridgehead atoms. The van der Waals surface area contributed by atoms with E-state index < -0.39 is 34.8 Å². The zero-order valence-electron chi connectivity index (χ0n) is 26.9. The molecule has 0 spiro atoms. The second-order valence-electron chi connectivity index (χ2n) is 13.9. The van der Waals surface area contributed by atoms with Gasteiger partial charge in [-0.1, -0.05) is 69.2 Å². The van der Waals surface area contributed by atoms with Crippen LogP contribution in [0.25, 0.3) is 0 Å². The lowest BCUT2D eigenvalue weighted by Crippen LogP contribution is -2.55. The van der Waals surface area contributed by atoms with Gasteiger partial charge in [0.25, 0.3) is 0 Å². The summed E-state index contributed by atoms with van der Waals surface area (Å²) in [5.41, 5.74) is 0.988. The third-order valence-corrected chi connectivity index (χ3v) is 19.8. The van der Waals surface area contributed by atoms with Gasteiger partial charge < -0.3 is 28.2 Å². The van der Waals surface area contributed by atoms with Crippen LogP contribution in [0.4, 0.5) is 0 Å². The molecule has 0 aromatic heterocycles. The van der Waals surface area contributed by atoms with Crippen molar-refractivity contribution < 1.29 is 33.0 Å². The van der Waals surface area contributed by atoms with Gasteiger partial charge in [-0.3, -0.25) is 4.79 Å². The van der Waals surface area contributed by atoms with Gasteiger partial charge in [-0.15, -0.1) is 0 Å². The highest BCUT2D eigenvalue weighted by Crippen LogP contribution is 2.45. The van der Waals surface area contributed by atoms with Gasteiger partial charge >= 0.3 is 5.97 Å². The minimum Gasteiger partial charge on any atom is -0.481 e. The lowest BCUT2D eigenvalue weighted by Gasteiger charge is -2.46. The first-order valence-electron chi connectivity index (χ1n) is 14.6. The third kappa shape index (κ3) is 8.85. The van der Waals surface area contributed by atoms with Gasteiger partial charge in [-0.05, 0) is 53.0 Å². The topological polar surface area (TPSA) is 83.5 Å². The van der Waals surface area contributed by atoms with Crippen molar-refractivity contribution in [3.8, 4) is 0 Å². The monoisotopic (exact) mass is 576 g/mol. The summed E-state index contributed by atoms with van der Waals surface area (Å²) in [4.78, 5) is 12.1. The largest absolute Gasteiger partial charge is 0.481 e. The predicted octanol–water partition coefficient (Wildman–Crippen LogP) is 7.46. The molecule has 1 aliphatic heterocycles. The smallest absolute Gasteiger partial charge is 0.306 e. The summed E-state index contributed by atoms with van der Waals surface area (Å²) >= 11 is 0. The van der Waals surface area contributed by atoms with Gasteiger partial charge in [0, 0.05) is 27.2 Å². The molecule has 0 saturated carbocycles. The van der Waals surface area contributed by atoms with Crippen LogP contribution in [0.2, 0.25) is 34.8 Å². The van der Waals surface area contributed by atoms with Crippen LogP contribution in [-0.2, 0) is 27.9 Å². The Morgan fingerprint density at radius 1 is 1.00 bits per heavy atom. The fourth-order valence-electron chi connectivity index (χ4n) is 6.17. The Morgan fingerprint density at radius 3 is 1.92 bits per heavy atom. The molecular weight excluding hydrogens is 516 g/mol. The minimum absolute atomic E-state index is 0.117. The molecule has 38 heavy (non-hydrogen) atoms. The number of aliphatic carboxylic acids is 1. The summed E-state index contributed by atoms with van der Waals surface area (Å²) in [6, 6.07) is 0. The Bertz CT molecular complexity index is 698. The van der Waals surface area contributed by atoms with Crippen molar-refractivity contribution in [1.29, 1.82) is 0 Å². The Morgan fingerprint density at radius 2 is 1.53 bits per heavy atom. The SMILES string of the molecule is CO[C@@H]1C[C@@H](C[C@@H](C)CO[Si](C)(C)C(C)(C)C)[C@@H]([C@@H](OC)[C@@H](CC(=O)O)O[Si](C(C)C)(C(C)C)C(C)C)O1. The van der Waals surface area contributed by atoms with E-state index in [-0.39, 0.29) is 29.8 Å². The first kappa shape index (κ1) is 35.7. The predicted molar refractivity (Wildman–Crippen MR) is 160 cm³/mol. The van der Waals surface area contributed by atoms with E-state index in [4.69, 9.17) is 23.1 Å². The van der Waals surface area contributed by atoms with Crippen molar-refractivity contribution in [2.45, 2.75) is 148 Å². The average Bonchev–Trinajstić information content (AvgIpc) is 3.16. The molecule has 1 aliphatic rings. The average molecular weight is 577 g/mol. The molecule has 0 aromatic carbocycles. The standard InChI is InChI=1S/C29H60O7Si2/c1-19(2)38(20(3)4,21(5)6)36-24(17-25(30)31)28(33-12)27-23(16-26(32-11)35-27)15-22(7)18-34-37(13,14)29(8,9)10/h19-24,26-28H,15-18H2,1-14H3,(H,30,31)/t22-,23-,24-,26+,27+,28+/m1/s1. The maximum atomic E-state index is 12.1. The van der Waals surface area contributed by atoms with Crippen molar-refractivity contribution in [1.82, 2.24) is 0 Å². The normalized spacial score (nSPS) is 23.9. The van der Waals surface area contributed by atoms with E-state index in [1.165, 1.54) is 0 Å². The molecule has 1 fully saturated rings. The fraction of sp³-hybridized carbons (Fsp3) is 0.966. The molecule has 1 heterocycles. The Balaban J connectivity index is 3.26. The molecule has 0 unspecified atom stereocenters. The van der Waals surface area contributed by atoms with Gasteiger partial charge in [0.15, 0.2) is 14.6 Å². The maximum absolute atomic E-state index is 12.1. The van der Waals surface area contributed by atoms with Crippen LogP contribution in [0.1, 0.15) is 88.5 Å². The van der Waals surface area contributed by atoms with Crippen LogP contribution in [0.3, 0.4) is 0 Å². The third-order valence-electron chi connectivity index (χ3n) is 9.17. The van der Waals surface area contributed by atoms with E-state index in [0.717, 1.165) is 12.8 Å². The summed E-state index contributed by atoms with van der Waals surface area (Å²) in [6.45, 7) is 27.6. The van der Waals surface area contributed by atoms with Crippen LogP contribution in [0.5, 0.6) is 0 Å². The van der Waals surface area contributed by atoms with E-state index in [1.54, 1.807) is 14.2 Å². The number of methoxy groups -OCH3 is 2. The van der Waals surface area contributed by atoms with Crippen LogP contribution in [0, 0.1) is 11.8 Å². The molecule has 6 atom stereocenters. The van der Waals surface area contributed by atoms with Crippen LogP contribution >= 0.6 is 0 Å². The van der Waals surface area contributed by atoms with Crippen molar-refractivity contribution in [3.05, 3.63) is 0 Å². The van der Waals surface area contributed by atoms with E-state index in [9.17, 15) is 9.90 Å². The molecule has 0 aromatic rings. The number of hydrogen-bond donors (Lipinski definition) is 1. The molecular formula is C29H60O7Si2. The van der Waals surface area contributed by atoms with Gasteiger partial charge in [-0.2, -0.15) is 0 Å². The number of carboxylic acids is 1. The highest BCUT2D eigenvalue weighted by Gasteiger charge is 2.51. The second kappa shape index (κ2) is 14.6. The van der Waals surface area contributed by atoms with Crippen LogP contribution in [-0.4, -0.2) is 73.1 Å². The van der Waals surface area contributed by atoms with Crippen molar-refractivity contribution in [2.75, 3.05) is 20.8 Å². The summed E-state index contributed by atoms with van der Waals surface area (Å²) in [7, 11) is -0.899. The molecule has 226 valence electrons. The summed E-state index contributed by atoms with van der Waals surface area (Å²) in [5.74, 6) is -0.413. The number of carbonyl (C=O) groups is 1. The Labute approximate surface area is 235 Å². The van der Waals surface area contributed by atoms with E-state index >= 15 is 0 Å². The van der Waals surface area contributed by atoms with Gasteiger partial charge in [0.1, 0.15) is 6.10 Å². The Hall–Kier alpha value is -0.296. The number of ether oxygens (including phenoxy) is 3. The highest BCUT2D eigenvalue weighted by molar-refractivity contribution is 6.77. The summed E-state index contributed by atoms with van der Waals surface area (Å²) < 4.78 is 31.7. The Kier molecular flexibility index (Phi) is 13.7. The fourth-order valence-corrected chi connectivity index (χ4v) is 12.9. The van der Waals surface area contributed by atoms with E-state index in [0.29, 0.717) is 29.1 Å². The minimum atomic E-state index is -2.36. The van der Waals surface area contributed by atoms with Gasteiger partial charge in [0.05, 0.1) is 18.6 Å². The van der Waals surface area contributed by atoms with Crippen molar-refractivity contribution >= 4 is 22.6 Å². The highest BCUT2D eigenvalue weighted by atomic mass is 28.4. The van der Waals surface area contributed by atoms with Crippen LogP contribution < -0.4 is 0 Å². The molecule has 9 heteroatoms. The lowest BCUT2D eigenvalue weighted by atomic mass is 9.86. The summed E-state index contributed by atoms with van der Waals surface area (Å²) in [6.07, 6.45) is -0.252. The number of rotatable bonds is 16. The molecule has 7 nitrogen and oxygen atoms in total. The van der Waals surface area contributed by atoms with Crippen molar-refractivity contribution in [3.63, 3.8) is 0 Å². The second-order valence-corrected chi connectivity index (χ2v) is 24.2. The molecule has 1 N–H and O–H groups in total. The lowest BCUT2D eigenvalue weighted by molar-refractivity contribution is -0.169. The molecule has 0 amide bonds. The maximum Gasteiger partial charge on any atom is 0.306 e. The molecule has 0 aliphatic carbocycles. The first-order valence-corrected chi connectivity index (χ1v) is 19.6. The first-order chi connectivity index (χ1) is 17.3. The molecule has 1 rings (SSSR count). The zero-order chi connectivity index (χ0) is 29.6. The zero-order valence-corrected chi connectivity index (χ0v) is 28.9. The van der Waals surface area contributed by atoms with Crippen LogP contribution in [0.15, 0.2) is 0 Å². The molecule has 0 radical (unpaired) electrons. The van der Waals surface area contributed by atoms with E-state index in [2.05, 4.69) is 82.3 Å². The number of hydrogen-bond acceptors (Lipinski definition) is 6. The van der Waals surface area contributed by atoms with Crippen molar-refractivity contribution in [2.24, 2.45) is 11.8 Å². The van der Waals surface area contributed by atoms with Gasteiger partial charge in [0.2, 0.25) is 8.32 Å². The molecule has 1 saturated heterocycles. The number of carboxylic acid groups (broad SMARTS) is 1. The van der Waals surface area contributed by atoms with E-state index in [1.807, 2.05) is 0 Å². The quantitative estimate of drug-likeness (QED) is 0.191. The van der Waals surface area contributed by atoms with Gasteiger partial charge in [-0.25, -0.2) is 0 Å².